The Bertz CT molecular complexity index is 1170. The monoisotopic (exact) mass is 478 g/mol. The van der Waals surface area contributed by atoms with Crippen LogP contribution in [-0.2, 0) is 4.79 Å². The number of rotatable bonds is 5. The molecule has 1 saturated carbocycles. The van der Waals surface area contributed by atoms with E-state index in [2.05, 4.69) is 21.9 Å². The summed E-state index contributed by atoms with van der Waals surface area (Å²) in [6.07, 6.45) is 9.20. The molecule has 176 valence electrons. The molecule has 0 radical (unpaired) electrons. The van der Waals surface area contributed by atoms with E-state index in [1.54, 1.807) is 18.5 Å². The summed E-state index contributed by atoms with van der Waals surface area (Å²) in [4.78, 5) is 28.0. The number of thiocarbonyl (C=S) groups is 1. The normalized spacial score (nSPS) is 20.4. The van der Waals surface area contributed by atoms with Crippen molar-refractivity contribution in [3.05, 3.63) is 36.4 Å². The van der Waals surface area contributed by atoms with Gasteiger partial charge in [0.15, 0.2) is 16.6 Å². The highest BCUT2D eigenvalue weighted by atomic mass is 32.1. The van der Waals surface area contributed by atoms with Crippen LogP contribution in [0.15, 0.2) is 30.7 Å². The van der Waals surface area contributed by atoms with Crippen LogP contribution < -0.4 is 19.3 Å². The van der Waals surface area contributed by atoms with Crippen molar-refractivity contribution in [2.24, 2.45) is 0 Å². The van der Waals surface area contributed by atoms with Crippen LogP contribution in [0.4, 0.5) is 11.4 Å². The minimum absolute atomic E-state index is 0.102. The van der Waals surface area contributed by atoms with E-state index in [4.69, 9.17) is 21.7 Å². The summed E-state index contributed by atoms with van der Waals surface area (Å²) < 4.78 is 11.7. The number of likely N-dealkylation sites (tertiary alicyclic amines) is 1. The van der Waals surface area contributed by atoms with Gasteiger partial charge in [0.25, 0.3) is 5.91 Å². The lowest BCUT2D eigenvalue weighted by atomic mass is 9.75. The topological polar surface area (TPSA) is 94.8 Å². The van der Waals surface area contributed by atoms with Gasteiger partial charge in [0.1, 0.15) is 29.1 Å². The molecule has 0 unspecified atom stereocenters. The second-order valence-corrected chi connectivity index (χ2v) is 9.33. The molecule has 0 aromatic carbocycles. The zero-order valence-corrected chi connectivity index (χ0v) is 20.0. The molecule has 10 heteroatoms. The number of pyridine rings is 2. The molecule has 1 aliphatic carbocycles. The van der Waals surface area contributed by atoms with Crippen LogP contribution in [0.25, 0.3) is 0 Å². The lowest BCUT2D eigenvalue weighted by Crippen LogP contribution is -2.55. The van der Waals surface area contributed by atoms with E-state index in [0.717, 1.165) is 32.4 Å². The Morgan fingerprint density at radius 2 is 2.00 bits per heavy atom. The zero-order valence-electron chi connectivity index (χ0n) is 19.2. The smallest absolute Gasteiger partial charge is 0.259 e. The van der Waals surface area contributed by atoms with Crippen LogP contribution in [0.1, 0.15) is 37.8 Å². The highest BCUT2D eigenvalue weighted by Gasteiger charge is 2.60. The second-order valence-electron chi connectivity index (χ2n) is 8.96. The predicted molar refractivity (Wildman–Crippen MR) is 130 cm³/mol. The number of hydrogen-bond donors (Lipinski definition) is 0. The van der Waals surface area contributed by atoms with E-state index in [9.17, 15) is 10.1 Å². The number of hydrogen-bond acceptors (Lipinski definition) is 8. The van der Waals surface area contributed by atoms with Gasteiger partial charge < -0.3 is 14.4 Å². The SMILES string of the molecule is COc1cc(N2C(=O)C3(CCC3)N(c3cnccc3OC3CCN(C)CC3)C2=S)cnc1C#N. The number of anilines is 2. The molecule has 4 heterocycles. The Morgan fingerprint density at radius 3 is 2.65 bits per heavy atom. The van der Waals surface area contributed by atoms with Gasteiger partial charge in [-0.1, -0.05) is 0 Å². The van der Waals surface area contributed by atoms with Crippen molar-refractivity contribution < 1.29 is 14.3 Å². The number of aromatic nitrogens is 2. The summed E-state index contributed by atoms with van der Waals surface area (Å²) in [5.41, 5.74) is 0.559. The zero-order chi connectivity index (χ0) is 23.9. The van der Waals surface area contributed by atoms with Crippen molar-refractivity contribution >= 4 is 34.6 Å². The van der Waals surface area contributed by atoms with Crippen LogP contribution in [0.2, 0.25) is 0 Å². The lowest BCUT2D eigenvalue weighted by molar-refractivity contribution is -0.123. The minimum Gasteiger partial charge on any atom is -0.494 e. The maximum Gasteiger partial charge on any atom is 0.259 e. The van der Waals surface area contributed by atoms with Gasteiger partial charge in [-0.25, -0.2) is 4.98 Å². The van der Waals surface area contributed by atoms with Gasteiger partial charge in [-0.05, 0) is 51.4 Å². The van der Waals surface area contributed by atoms with Crippen molar-refractivity contribution in [2.75, 3.05) is 37.0 Å². The molecule has 3 fully saturated rings. The summed E-state index contributed by atoms with van der Waals surface area (Å²) in [6.45, 7) is 1.97. The first-order chi connectivity index (χ1) is 16.5. The Morgan fingerprint density at radius 1 is 1.24 bits per heavy atom. The Labute approximate surface area is 203 Å². The maximum atomic E-state index is 13.8. The van der Waals surface area contributed by atoms with Crippen molar-refractivity contribution in [3.63, 3.8) is 0 Å². The van der Waals surface area contributed by atoms with E-state index in [0.29, 0.717) is 40.8 Å². The van der Waals surface area contributed by atoms with Crippen LogP contribution in [0, 0.1) is 11.3 Å². The molecular formula is C24H26N6O3S. The molecule has 1 spiro atoms. The highest BCUT2D eigenvalue weighted by Crippen LogP contribution is 2.50. The molecule has 0 atom stereocenters. The van der Waals surface area contributed by atoms with Crippen molar-refractivity contribution in [3.8, 4) is 17.6 Å². The molecule has 2 aromatic heterocycles. The standard InChI is InChI=1S/C24H26N6O3S/c1-28-10-5-17(6-11-28)33-20-4-9-26-15-19(20)30-23(34)29(22(31)24(30)7-3-8-24)16-12-21(32-2)18(13-25)27-14-16/h4,9,12,14-15,17H,3,5-8,10-11H2,1-2H3. The van der Waals surface area contributed by atoms with Crippen molar-refractivity contribution in [2.45, 2.75) is 43.7 Å². The van der Waals surface area contributed by atoms with E-state index in [1.165, 1.54) is 18.2 Å². The van der Waals surface area contributed by atoms with Crippen molar-refractivity contribution in [1.82, 2.24) is 14.9 Å². The fourth-order valence-corrected chi connectivity index (χ4v) is 5.36. The summed E-state index contributed by atoms with van der Waals surface area (Å²) in [6, 6.07) is 5.48. The Hall–Kier alpha value is -3.29. The number of carbonyl (C=O) groups excluding carboxylic acids is 1. The van der Waals surface area contributed by atoms with Gasteiger partial charge in [0, 0.05) is 31.4 Å². The van der Waals surface area contributed by atoms with E-state index >= 15 is 0 Å². The molecule has 34 heavy (non-hydrogen) atoms. The largest absolute Gasteiger partial charge is 0.494 e. The van der Waals surface area contributed by atoms with Gasteiger partial charge in [0.2, 0.25) is 0 Å². The van der Waals surface area contributed by atoms with E-state index in [-0.39, 0.29) is 17.7 Å². The number of carbonyl (C=O) groups is 1. The van der Waals surface area contributed by atoms with Crippen LogP contribution in [0.5, 0.6) is 11.5 Å². The first-order valence-electron chi connectivity index (χ1n) is 11.4. The molecule has 5 rings (SSSR count). The molecule has 2 saturated heterocycles. The van der Waals surface area contributed by atoms with Crippen LogP contribution in [-0.4, -0.2) is 64.8 Å². The number of amides is 1. The average Bonchev–Trinajstić information content (AvgIpc) is 3.07. The number of methoxy groups -OCH3 is 1. The summed E-state index contributed by atoms with van der Waals surface area (Å²) in [7, 11) is 3.58. The maximum absolute atomic E-state index is 13.8. The molecule has 0 bridgehead atoms. The molecular weight excluding hydrogens is 452 g/mol. The van der Waals surface area contributed by atoms with Gasteiger partial charge >= 0.3 is 0 Å². The summed E-state index contributed by atoms with van der Waals surface area (Å²) in [5, 5.41) is 9.63. The molecule has 2 aromatic rings. The number of ether oxygens (including phenoxy) is 2. The number of nitrogens with zero attached hydrogens (tertiary/aromatic N) is 6. The summed E-state index contributed by atoms with van der Waals surface area (Å²) >= 11 is 5.88. The van der Waals surface area contributed by atoms with Crippen molar-refractivity contribution in [1.29, 1.82) is 5.26 Å². The van der Waals surface area contributed by atoms with Gasteiger partial charge in [-0.3, -0.25) is 19.6 Å². The fourth-order valence-electron chi connectivity index (χ4n) is 4.90. The van der Waals surface area contributed by atoms with E-state index < -0.39 is 5.54 Å². The van der Waals surface area contributed by atoms with Crippen LogP contribution >= 0.6 is 12.2 Å². The van der Waals surface area contributed by atoms with Gasteiger partial charge in [-0.15, -0.1) is 0 Å². The van der Waals surface area contributed by atoms with Gasteiger partial charge in [0.05, 0.1) is 25.2 Å². The average molecular weight is 479 g/mol. The summed E-state index contributed by atoms with van der Waals surface area (Å²) in [5.74, 6) is 0.874. The first kappa shape index (κ1) is 22.5. The second kappa shape index (κ2) is 8.81. The van der Waals surface area contributed by atoms with E-state index in [1.807, 2.05) is 17.0 Å². The molecule has 3 aliphatic rings. The third kappa shape index (κ3) is 3.56. The molecule has 9 nitrogen and oxygen atoms in total. The molecule has 1 amide bonds. The predicted octanol–water partition coefficient (Wildman–Crippen LogP) is 2.89. The lowest BCUT2D eigenvalue weighted by Gasteiger charge is -2.43. The highest BCUT2D eigenvalue weighted by molar-refractivity contribution is 7.81. The number of nitriles is 1. The Balaban J connectivity index is 1.51. The van der Waals surface area contributed by atoms with Crippen LogP contribution in [0.3, 0.4) is 0 Å². The Kier molecular flexibility index (Phi) is 5.83. The van der Waals surface area contributed by atoms with Gasteiger partial charge in [-0.2, -0.15) is 5.26 Å². The third-order valence-electron chi connectivity index (χ3n) is 6.98. The minimum atomic E-state index is -0.772. The third-order valence-corrected chi connectivity index (χ3v) is 7.34. The first-order valence-corrected chi connectivity index (χ1v) is 11.8. The molecule has 0 N–H and O–H groups in total. The number of piperidine rings is 1. The quantitative estimate of drug-likeness (QED) is 0.601. The molecule has 2 aliphatic heterocycles. The fraction of sp³-hybridized carbons (Fsp3) is 0.458.